The van der Waals surface area contributed by atoms with Crippen LogP contribution in [0.2, 0.25) is 0 Å². The molecule has 196 valence electrons. The summed E-state index contributed by atoms with van der Waals surface area (Å²) in [5.74, 6) is -0.188. The van der Waals surface area contributed by atoms with Crippen molar-refractivity contribution in [3.05, 3.63) is 126 Å². The highest BCUT2D eigenvalue weighted by molar-refractivity contribution is 5.90. The van der Waals surface area contributed by atoms with Gasteiger partial charge in [0.25, 0.3) is 0 Å². The lowest BCUT2D eigenvalue weighted by Crippen LogP contribution is -2.15. The minimum atomic E-state index is -4.64. The molecule has 6 nitrogen and oxygen atoms in total. The third kappa shape index (κ3) is 6.20. The van der Waals surface area contributed by atoms with E-state index in [0.29, 0.717) is 17.7 Å². The van der Waals surface area contributed by atoms with Gasteiger partial charge in [-0.2, -0.15) is 18.3 Å². The number of alkyl halides is 3. The zero-order valence-electron chi connectivity index (χ0n) is 20.7. The molecule has 1 amide bonds. The van der Waals surface area contributed by atoms with Crippen LogP contribution < -0.4 is 5.32 Å². The van der Waals surface area contributed by atoms with Crippen LogP contribution in [0.5, 0.6) is 0 Å². The zero-order valence-corrected chi connectivity index (χ0v) is 20.7. The molecule has 1 N–H and O–H groups in total. The lowest BCUT2D eigenvalue weighted by molar-refractivity contribution is -0.142. The number of nitrogens with zero attached hydrogens (tertiary/aromatic N) is 4. The monoisotopic (exact) mass is 527 g/mol. The van der Waals surface area contributed by atoms with E-state index in [1.54, 1.807) is 12.1 Å². The summed E-state index contributed by atoms with van der Waals surface area (Å²) in [6.07, 6.45) is 0.496. The van der Waals surface area contributed by atoms with Gasteiger partial charge in [0, 0.05) is 30.3 Å². The van der Waals surface area contributed by atoms with E-state index in [1.165, 1.54) is 30.7 Å². The number of rotatable bonds is 8. The number of nitrogens with one attached hydrogen (secondary N) is 1. The molecular formula is C30H24F3N5O. The molecule has 0 fully saturated rings. The highest BCUT2D eigenvalue weighted by Crippen LogP contribution is 2.34. The fourth-order valence-corrected chi connectivity index (χ4v) is 4.39. The Bertz CT molecular complexity index is 1480. The van der Waals surface area contributed by atoms with Crippen LogP contribution in [0.1, 0.15) is 35.6 Å². The van der Waals surface area contributed by atoms with Crippen molar-refractivity contribution < 1.29 is 18.0 Å². The molecule has 0 spiro atoms. The zero-order chi connectivity index (χ0) is 27.2. The summed E-state index contributed by atoms with van der Waals surface area (Å²) < 4.78 is 42.0. The number of hydrogen-bond donors (Lipinski definition) is 1. The molecule has 5 aromatic rings. The molecule has 2 aromatic carbocycles. The Morgan fingerprint density at radius 2 is 1.56 bits per heavy atom. The summed E-state index contributed by atoms with van der Waals surface area (Å²) >= 11 is 0. The summed E-state index contributed by atoms with van der Waals surface area (Å²) in [5, 5.41) is 6.91. The van der Waals surface area contributed by atoms with Crippen molar-refractivity contribution in [2.75, 3.05) is 5.32 Å². The number of halogens is 3. The molecule has 39 heavy (non-hydrogen) atoms. The highest BCUT2D eigenvalue weighted by Gasteiger charge is 2.36. The molecule has 0 saturated heterocycles. The maximum Gasteiger partial charge on any atom is 0.433 e. The van der Waals surface area contributed by atoms with E-state index in [2.05, 4.69) is 20.4 Å². The first-order valence-electron chi connectivity index (χ1n) is 12.3. The molecule has 3 aromatic heterocycles. The predicted octanol–water partition coefficient (Wildman–Crippen LogP) is 6.90. The molecule has 0 aliphatic carbocycles. The van der Waals surface area contributed by atoms with Crippen molar-refractivity contribution in [1.82, 2.24) is 19.7 Å². The molecule has 5 rings (SSSR count). The van der Waals surface area contributed by atoms with Gasteiger partial charge in [-0.15, -0.1) is 0 Å². The van der Waals surface area contributed by atoms with Crippen LogP contribution in [0, 0.1) is 0 Å². The van der Waals surface area contributed by atoms with E-state index >= 15 is 0 Å². The second-order valence-electron chi connectivity index (χ2n) is 8.93. The molecule has 3 heterocycles. The molecule has 0 atom stereocenters. The number of hydrogen-bond acceptors (Lipinski definition) is 4. The largest absolute Gasteiger partial charge is 0.433 e. The van der Waals surface area contributed by atoms with Gasteiger partial charge < -0.3 is 5.32 Å². The van der Waals surface area contributed by atoms with Crippen molar-refractivity contribution in [3.63, 3.8) is 0 Å². The minimum absolute atomic E-state index is 0.0244. The fraction of sp³-hybridized carbons (Fsp3) is 0.133. The van der Waals surface area contributed by atoms with Crippen LogP contribution in [0.25, 0.3) is 17.1 Å². The second kappa shape index (κ2) is 11.3. The quantitative estimate of drug-likeness (QED) is 0.238. The molecule has 0 unspecified atom stereocenters. The first kappa shape index (κ1) is 25.8. The summed E-state index contributed by atoms with van der Waals surface area (Å²) in [4.78, 5) is 20.9. The maximum atomic E-state index is 13.7. The van der Waals surface area contributed by atoms with Crippen LogP contribution in [0.3, 0.4) is 0 Å². The number of aromatic nitrogens is 4. The average Bonchev–Trinajstić information content (AvgIpc) is 3.42. The summed E-state index contributed by atoms with van der Waals surface area (Å²) in [6, 6.07) is 27.1. The maximum absolute atomic E-state index is 13.7. The topological polar surface area (TPSA) is 72.7 Å². The van der Waals surface area contributed by atoms with Crippen molar-refractivity contribution in [2.45, 2.75) is 24.9 Å². The third-order valence-corrected chi connectivity index (χ3v) is 6.27. The third-order valence-electron chi connectivity index (χ3n) is 6.27. The molecular weight excluding hydrogens is 503 g/mol. The van der Waals surface area contributed by atoms with Crippen molar-refractivity contribution in [1.29, 1.82) is 0 Å². The van der Waals surface area contributed by atoms with E-state index in [0.717, 1.165) is 21.9 Å². The van der Waals surface area contributed by atoms with Gasteiger partial charge in [0.15, 0.2) is 11.5 Å². The minimum Gasteiger partial charge on any atom is -0.325 e. The summed E-state index contributed by atoms with van der Waals surface area (Å²) in [5.41, 5.74) is 2.24. The van der Waals surface area contributed by atoms with E-state index in [4.69, 9.17) is 0 Å². The predicted molar refractivity (Wildman–Crippen MR) is 142 cm³/mol. The molecule has 0 saturated carbocycles. The Kier molecular flexibility index (Phi) is 7.49. The van der Waals surface area contributed by atoms with Crippen molar-refractivity contribution >= 4 is 11.6 Å². The van der Waals surface area contributed by atoms with Crippen molar-refractivity contribution in [3.8, 4) is 17.1 Å². The van der Waals surface area contributed by atoms with Gasteiger partial charge in [-0.05, 0) is 47.9 Å². The van der Waals surface area contributed by atoms with Gasteiger partial charge in [0.2, 0.25) is 5.91 Å². The molecule has 0 aliphatic rings. The Labute approximate surface area is 223 Å². The normalized spacial score (nSPS) is 11.5. The SMILES string of the molecule is O=C(CCC(c1ccccc1)c1ccccc1)Nc1ccc(-n2nc(-c3cccnc3)cc2C(F)(F)F)nc1. The number of pyridine rings is 2. The van der Waals surface area contributed by atoms with Crippen LogP contribution in [0.15, 0.2) is 110 Å². The standard InChI is InChI=1S/C30H24F3N5O/c31-30(32,33)27-18-26(23-12-7-17-34-19-23)37-38(27)28-15-13-24(20-35-28)36-29(39)16-14-25(21-8-3-1-4-9-21)22-10-5-2-6-11-22/h1-13,15,17-20,25H,14,16H2,(H,36,39). The lowest BCUT2D eigenvalue weighted by atomic mass is 9.87. The molecule has 0 bridgehead atoms. The van der Waals surface area contributed by atoms with E-state index in [9.17, 15) is 18.0 Å². The van der Waals surface area contributed by atoms with Gasteiger partial charge in [0.05, 0.1) is 17.6 Å². The van der Waals surface area contributed by atoms with Gasteiger partial charge in [0.1, 0.15) is 0 Å². The molecule has 0 radical (unpaired) electrons. The molecule has 9 heteroatoms. The van der Waals surface area contributed by atoms with E-state index in [1.807, 2.05) is 60.7 Å². The van der Waals surface area contributed by atoms with Crippen LogP contribution in [-0.2, 0) is 11.0 Å². The number of benzene rings is 2. The van der Waals surface area contributed by atoms with Gasteiger partial charge in [-0.3, -0.25) is 9.78 Å². The van der Waals surface area contributed by atoms with Crippen LogP contribution in [0.4, 0.5) is 18.9 Å². The van der Waals surface area contributed by atoms with Gasteiger partial charge in [-0.1, -0.05) is 60.7 Å². The number of carbonyl (C=O) groups is 1. The summed E-state index contributed by atoms with van der Waals surface area (Å²) in [6.45, 7) is 0. The van der Waals surface area contributed by atoms with E-state index in [-0.39, 0.29) is 29.8 Å². The molecule has 0 aliphatic heterocycles. The van der Waals surface area contributed by atoms with Crippen LogP contribution >= 0.6 is 0 Å². The Hall–Kier alpha value is -4.79. The number of anilines is 1. The highest BCUT2D eigenvalue weighted by atomic mass is 19.4. The Morgan fingerprint density at radius 3 is 2.13 bits per heavy atom. The number of carbonyl (C=O) groups excluding carboxylic acids is 1. The lowest BCUT2D eigenvalue weighted by Gasteiger charge is -2.18. The second-order valence-corrected chi connectivity index (χ2v) is 8.93. The number of amides is 1. The average molecular weight is 528 g/mol. The first-order chi connectivity index (χ1) is 18.9. The van der Waals surface area contributed by atoms with Gasteiger partial charge >= 0.3 is 6.18 Å². The van der Waals surface area contributed by atoms with Crippen molar-refractivity contribution in [2.24, 2.45) is 0 Å². The summed E-state index contributed by atoms with van der Waals surface area (Å²) in [7, 11) is 0. The smallest absolute Gasteiger partial charge is 0.325 e. The Morgan fingerprint density at radius 1 is 0.872 bits per heavy atom. The Balaban J connectivity index is 1.30. The van der Waals surface area contributed by atoms with Crippen LogP contribution in [-0.4, -0.2) is 25.7 Å². The fourth-order valence-electron chi connectivity index (χ4n) is 4.39. The van der Waals surface area contributed by atoms with Gasteiger partial charge in [-0.25, -0.2) is 9.67 Å². The van der Waals surface area contributed by atoms with E-state index < -0.39 is 11.9 Å². The first-order valence-corrected chi connectivity index (χ1v) is 12.3.